The zero-order valence-corrected chi connectivity index (χ0v) is 12.3. The van der Waals surface area contributed by atoms with Crippen LogP contribution in [0.1, 0.15) is 36.5 Å². The molecule has 1 saturated heterocycles. The summed E-state index contributed by atoms with van der Waals surface area (Å²) >= 11 is 0. The Hall–Kier alpha value is -1.62. The molecule has 0 spiro atoms. The molecule has 0 aromatic carbocycles. The van der Waals surface area contributed by atoms with E-state index in [1.54, 1.807) is 19.3 Å². The maximum absolute atomic E-state index is 12.4. The first-order chi connectivity index (χ1) is 9.61. The van der Waals surface area contributed by atoms with Gasteiger partial charge in [0.2, 0.25) is 0 Å². The van der Waals surface area contributed by atoms with Gasteiger partial charge in [-0.2, -0.15) is 0 Å². The highest BCUT2D eigenvalue weighted by molar-refractivity contribution is 5.94. The Bertz CT molecular complexity index is 524. The van der Waals surface area contributed by atoms with Gasteiger partial charge in [-0.15, -0.1) is 0 Å². The summed E-state index contributed by atoms with van der Waals surface area (Å²) in [6.07, 6.45) is 4.86. The van der Waals surface area contributed by atoms with Crippen molar-refractivity contribution >= 4 is 5.91 Å². The van der Waals surface area contributed by atoms with Crippen LogP contribution < -0.4 is 10.9 Å². The molecule has 20 heavy (non-hydrogen) atoms. The molecule has 0 saturated carbocycles. The lowest BCUT2D eigenvalue weighted by Crippen LogP contribution is -2.48. The number of hydrogen-bond acceptors (Lipinski definition) is 3. The molecule has 0 radical (unpaired) electrons. The molecular formula is C15H23N3O2. The maximum Gasteiger partial charge on any atom is 0.254 e. The molecule has 1 aliphatic heterocycles. The summed E-state index contributed by atoms with van der Waals surface area (Å²) in [5.41, 5.74) is 0.345. The minimum absolute atomic E-state index is 0.0364. The molecule has 1 N–H and O–H groups in total. The summed E-state index contributed by atoms with van der Waals surface area (Å²) in [7, 11) is 1.68. The molecule has 2 rings (SSSR count). The van der Waals surface area contributed by atoms with Gasteiger partial charge in [0.05, 0.1) is 0 Å². The van der Waals surface area contributed by atoms with Gasteiger partial charge in [-0.3, -0.25) is 9.59 Å². The fourth-order valence-electron chi connectivity index (χ4n) is 2.54. The van der Waals surface area contributed by atoms with Crippen molar-refractivity contribution in [1.82, 2.24) is 14.8 Å². The van der Waals surface area contributed by atoms with Gasteiger partial charge in [0, 0.05) is 44.0 Å². The predicted octanol–water partition coefficient (Wildman–Crippen LogP) is 0.990. The number of nitrogens with zero attached hydrogens (tertiary/aromatic N) is 2. The van der Waals surface area contributed by atoms with Crippen molar-refractivity contribution in [3.63, 3.8) is 0 Å². The third-order valence-corrected chi connectivity index (χ3v) is 3.74. The summed E-state index contributed by atoms with van der Waals surface area (Å²) < 4.78 is 1.47. The molecule has 1 aromatic rings. The molecule has 2 heterocycles. The first-order valence-electron chi connectivity index (χ1n) is 7.31. The van der Waals surface area contributed by atoms with E-state index in [0.29, 0.717) is 11.6 Å². The van der Waals surface area contributed by atoms with Crippen LogP contribution in [0.5, 0.6) is 0 Å². The average Bonchev–Trinajstić information content (AvgIpc) is 2.47. The van der Waals surface area contributed by atoms with E-state index in [4.69, 9.17) is 0 Å². The molecule has 5 heteroatoms. The number of nitrogens with one attached hydrogen (secondary N) is 1. The first kappa shape index (κ1) is 14.8. The summed E-state index contributed by atoms with van der Waals surface area (Å²) in [4.78, 5) is 25.9. The van der Waals surface area contributed by atoms with E-state index < -0.39 is 0 Å². The van der Waals surface area contributed by atoms with E-state index in [-0.39, 0.29) is 11.5 Å². The van der Waals surface area contributed by atoms with Gasteiger partial charge in [-0.05, 0) is 31.9 Å². The number of aryl methyl sites for hydroxylation is 1. The second-order valence-electron chi connectivity index (χ2n) is 5.41. The number of rotatable bonds is 4. The molecule has 0 bridgehead atoms. The van der Waals surface area contributed by atoms with Crippen molar-refractivity contribution < 1.29 is 4.79 Å². The second-order valence-corrected chi connectivity index (χ2v) is 5.41. The zero-order valence-electron chi connectivity index (χ0n) is 12.3. The second kappa shape index (κ2) is 6.70. The Labute approximate surface area is 119 Å². The molecule has 110 valence electrons. The van der Waals surface area contributed by atoms with Crippen molar-refractivity contribution in [1.29, 1.82) is 0 Å². The van der Waals surface area contributed by atoms with Gasteiger partial charge in [-0.1, -0.05) is 6.92 Å². The Kier molecular flexibility index (Phi) is 4.95. The van der Waals surface area contributed by atoms with Crippen LogP contribution in [0.3, 0.4) is 0 Å². The lowest BCUT2D eigenvalue weighted by Gasteiger charge is -2.33. The van der Waals surface area contributed by atoms with Gasteiger partial charge in [0.1, 0.15) is 0 Å². The number of carbonyl (C=O) groups excluding carboxylic acids is 1. The van der Waals surface area contributed by atoms with Gasteiger partial charge < -0.3 is 14.8 Å². The molecular weight excluding hydrogens is 254 g/mol. The highest BCUT2D eigenvalue weighted by Gasteiger charge is 2.24. The van der Waals surface area contributed by atoms with Crippen molar-refractivity contribution in [3.05, 3.63) is 34.2 Å². The van der Waals surface area contributed by atoms with Crippen molar-refractivity contribution in [2.75, 3.05) is 19.6 Å². The molecule has 1 amide bonds. The van der Waals surface area contributed by atoms with Crippen LogP contribution in [0.4, 0.5) is 0 Å². The minimum Gasteiger partial charge on any atom is -0.337 e. The van der Waals surface area contributed by atoms with Gasteiger partial charge >= 0.3 is 0 Å². The van der Waals surface area contributed by atoms with Gasteiger partial charge in [-0.25, -0.2) is 0 Å². The smallest absolute Gasteiger partial charge is 0.254 e. The average molecular weight is 277 g/mol. The van der Waals surface area contributed by atoms with Crippen molar-refractivity contribution in [2.45, 2.75) is 32.2 Å². The summed E-state index contributed by atoms with van der Waals surface area (Å²) in [6.45, 7) is 4.63. The van der Waals surface area contributed by atoms with Crippen LogP contribution in [0.2, 0.25) is 0 Å². The normalized spacial score (nSPS) is 19.1. The molecule has 1 atom stereocenters. The lowest BCUT2D eigenvalue weighted by molar-refractivity contribution is 0.0695. The van der Waals surface area contributed by atoms with Crippen LogP contribution in [0.15, 0.2) is 23.1 Å². The summed E-state index contributed by atoms with van der Waals surface area (Å²) in [5, 5.41) is 3.47. The Balaban J connectivity index is 2.04. The van der Waals surface area contributed by atoms with E-state index in [9.17, 15) is 9.59 Å². The monoisotopic (exact) mass is 277 g/mol. The van der Waals surface area contributed by atoms with Gasteiger partial charge in [0.15, 0.2) is 0 Å². The molecule has 1 aromatic heterocycles. The number of aromatic nitrogens is 1. The first-order valence-corrected chi connectivity index (χ1v) is 7.31. The quantitative estimate of drug-likeness (QED) is 0.893. The maximum atomic E-state index is 12.4. The van der Waals surface area contributed by atoms with E-state index in [1.807, 2.05) is 4.90 Å². The molecule has 1 fully saturated rings. The molecule has 1 unspecified atom stereocenters. The fraction of sp³-hybridized carbons (Fsp3) is 0.600. The lowest BCUT2D eigenvalue weighted by atomic mass is 10.0. The van der Waals surface area contributed by atoms with E-state index >= 15 is 0 Å². The van der Waals surface area contributed by atoms with Crippen LogP contribution in [0.25, 0.3) is 0 Å². The Morgan fingerprint density at radius 3 is 3.00 bits per heavy atom. The van der Waals surface area contributed by atoms with Crippen LogP contribution in [-0.2, 0) is 7.05 Å². The highest BCUT2D eigenvalue weighted by atomic mass is 16.2. The van der Waals surface area contributed by atoms with E-state index in [1.165, 1.54) is 10.6 Å². The summed E-state index contributed by atoms with van der Waals surface area (Å²) in [6, 6.07) is 3.51. The van der Waals surface area contributed by atoms with Crippen molar-refractivity contribution in [2.24, 2.45) is 7.05 Å². The third kappa shape index (κ3) is 3.48. The standard InChI is InChI=1S/C15H23N3O2/c1-3-7-16-13-5-4-8-18(11-13)15(20)12-6-9-17(2)14(19)10-12/h6,9-10,13,16H,3-5,7-8,11H2,1-2H3. The fourth-order valence-corrected chi connectivity index (χ4v) is 2.54. The van der Waals surface area contributed by atoms with E-state index in [0.717, 1.165) is 38.9 Å². The number of likely N-dealkylation sites (tertiary alicyclic amines) is 1. The number of hydrogen-bond donors (Lipinski definition) is 1. The van der Waals surface area contributed by atoms with Crippen LogP contribution in [-0.4, -0.2) is 41.1 Å². The largest absolute Gasteiger partial charge is 0.337 e. The minimum atomic E-state index is -0.145. The molecule has 1 aliphatic rings. The highest BCUT2D eigenvalue weighted by Crippen LogP contribution is 2.13. The van der Waals surface area contributed by atoms with Gasteiger partial charge in [0.25, 0.3) is 11.5 Å². The van der Waals surface area contributed by atoms with Crippen LogP contribution in [0, 0.1) is 0 Å². The number of piperidine rings is 1. The van der Waals surface area contributed by atoms with E-state index in [2.05, 4.69) is 12.2 Å². The Morgan fingerprint density at radius 2 is 2.30 bits per heavy atom. The summed E-state index contributed by atoms with van der Waals surface area (Å²) in [5.74, 6) is -0.0364. The topological polar surface area (TPSA) is 54.3 Å². The molecule has 5 nitrogen and oxygen atoms in total. The SMILES string of the molecule is CCCNC1CCCN(C(=O)c2ccn(C)c(=O)c2)C1. The number of pyridine rings is 1. The number of carbonyl (C=O) groups is 1. The Morgan fingerprint density at radius 1 is 1.50 bits per heavy atom. The zero-order chi connectivity index (χ0) is 14.5. The molecule has 0 aliphatic carbocycles. The number of amides is 1. The van der Waals surface area contributed by atoms with Crippen molar-refractivity contribution in [3.8, 4) is 0 Å². The predicted molar refractivity (Wildman–Crippen MR) is 78.9 cm³/mol. The third-order valence-electron chi connectivity index (χ3n) is 3.74. The van der Waals surface area contributed by atoms with Crippen LogP contribution >= 0.6 is 0 Å².